The molecule has 2 aromatic rings. The summed E-state index contributed by atoms with van der Waals surface area (Å²) in [7, 11) is 2.09. The van der Waals surface area contributed by atoms with E-state index in [1.165, 1.54) is 42.0 Å². The second-order valence-electron chi connectivity index (χ2n) is 5.56. The van der Waals surface area contributed by atoms with Crippen LogP contribution in [0.2, 0.25) is 0 Å². The smallest absolute Gasteiger partial charge is 0.0346 e. The average molecular weight is 318 g/mol. The average Bonchev–Trinajstić information content (AvgIpc) is 2.93. The van der Waals surface area contributed by atoms with Crippen molar-refractivity contribution in [3.8, 4) is 0 Å². The number of rotatable bonds is 3. The van der Waals surface area contributed by atoms with E-state index in [-0.39, 0.29) is 0 Å². The van der Waals surface area contributed by atoms with E-state index in [9.17, 15) is 0 Å². The standard InChI is InChI=1S/C17H20BrN/c1-19-17(12-4-2-3-5-12)15-7-6-14-11-16(18)9-8-13(14)10-15/h6-12,17,19H,2-5H2,1H3. The quantitative estimate of drug-likeness (QED) is 0.835. The van der Waals surface area contributed by atoms with Crippen molar-refractivity contribution in [3.63, 3.8) is 0 Å². The van der Waals surface area contributed by atoms with Gasteiger partial charge >= 0.3 is 0 Å². The van der Waals surface area contributed by atoms with Gasteiger partial charge in [0, 0.05) is 10.5 Å². The first-order valence-electron chi connectivity index (χ1n) is 7.14. The molecule has 1 aliphatic carbocycles. The highest BCUT2D eigenvalue weighted by molar-refractivity contribution is 9.10. The highest BCUT2D eigenvalue weighted by Crippen LogP contribution is 2.36. The summed E-state index contributed by atoms with van der Waals surface area (Å²) >= 11 is 3.54. The molecule has 0 aromatic heterocycles. The molecule has 3 rings (SSSR count). The van der Waals surface area contributed by atoms with Gasteiger partial charge in [0.25, 0.3) is 0 Å². The molecule has 1 unspecified atom stereocenters. The van der Waals surface area contributed by atoms with Gasteiger partial charge in [0.2, 0.25) is 0 Å². The number of halogens is 1. The predicted molar refractivity (Wildman–Crippen MR) is 85.4 cm³/mol. The van der Waals surface area contributed by atoms with E-state index in [1.54, 1.807) is 0 Å². The van der Waals surface area contributed by atoms with Crippen molar-refractivity contribution >= 4 is 26.7 Å². The van der Waals surface area contributed by atoms with Crippen molar-refractivity contribution in [1.82, 2.24) is 5.32 Å². The van der Waals surface area contributed by atoms with Gasteiger partial charge < -0.3 is 5.32 Å². The third kappa shape index (κ3) is 2.70. The molecule has 0 saturated heterocycles. The molecule has 1 saturated carbocycles. The van der Waals surface area contributed by atoms with Crippen molar-refractivity contribution in [2.24, 2.45) is 5.92 Å². The Kier molecular flexibility index (Phi) is 3.90. The highest BCUT2D eigenvalue weighted by atomic mass is 79.9. The Morgan fingerprint density at radius 2 is 1.74 bits per heavy atom. The fraction of sp³-hybridized carbons (Fsp3) is 0.412. The predicted octanol–water partition coefficient (Wildman–Crippen LogP) is 5.05. The Bertz CT molecular complexity index is 572. The summed E-state index contributed by atoms with van der Waals surface area (Å²) in [4.78, 5) is 0. The van der Waals surface area contributed by atoms with Crippen molar-refractivity contribution in [2.45, 2.75) is 31.7 Å². The number of benzene rings is 2. The Morgan fingerprint density at radius 1 is 1.05 bits per heavy atom. The minimum Gasteiger partial charge on any atom is -0.313 e. The van der Waals surface area contributed by atoms with Crippen LogP contribution < -0.4 is 5.32 Å². The van der Waals surface area contributed by atoms with Crippen LogP contribution in [0.5, 0.6) is 0 Å². The van der Waals surface area contributed by atoms with Crippen LogP contribution in [-0.2, 0) is 0 Å². The summed E-state index contributed by atoms with van der Waals surface area (Å²) in [5.74, 6) is 0.804. The lowest BCUT2D eigenvalue weighted by atomic mass is 9.90. The lowest BCUT2D eigenvalue weighted by molar-refractivity contribution is 0.390. The molecule has 1 nitrogen and oxygen atoms in total. The van der Waals surface area contributed by atoms with E-state index < -0.39 is 0 Å². The van der Waals surface area contributed by atoms with Gasteiger partial charge in [-0.05, 0) is 60.3 Å². The summed E-state index contributed by atoms with van der Waals surface area (Å²) in [5.41, 5.74) is 1.43. The zero-order valence-electron chi connectivity index (χ0n) is 11.3. The summed E-state index contributed by atoms with van der Waals surface area (Å²) in [6.45, 7) is 0. The molecule has 1 fully saturated rings. The van der Waals surface area contributed by atoms with E-state index in [0.29, 0.717) is 6.04 Å². The SMILES string of the molecule is CNC(c1ccc2cc(Br)ccc2c1)C1CCCC1. The second kappa shape index (κ2) is 5.64. The molecule has 0 spiro atoms. The molecule has 0 amide bonds. The van der Waals surface area contributed by atoms with Crippen molar-refractivity contribution in [3.05, 3.63) is 46.4 Å². The van der Waals surface area contributed by atoms with Crippen LogP contribution in [0.4, 0.5) is 0 Å². The van der Waals surface area contributed by atoms with Gasteiger partial charge in [-0.2, -0.15) is 0 Å². The van der Waals surface area contributed by atoms with Gasteiger partial charge in [-0.15, -0.1) is 0 Å². The second-order valence-corrected chi connectivity index (χ2v) is 6.48. The van der Waals surface area contributed by atoms with Crippen molar-refractivity contribution in [1.29, 1.82) is 0 Å². The molecule has 0 aliphatic heterocycles. The molecule has 2 aromatic carbocycles. The Balaban J connectivity index is 1.96. The van der Waals surface area contributed by atoms with Crippen LogP contribution in [-0.4, -0.2) is 7.05 Å². The van der Waals surface area contributed by atoms with Gasteiger partial charge in [0.05, 0.1) is 0 Å². The van der Waals surface area contributed by atoms with E-state index in [0.717, 1.165) is 10.4 Å². The first-order chi connectivity index (χ1) is 9.28. The van der Waals surface area contributed by atoms with Gasteiger partial charge in [-0.3, -0.25) is 0 Å². The summed E-state index contributed by atoms with van der Waals surface area (Å²) in [6, 6.07) is 13.9. The molecule has 1 aliphatic rings. The van der Waals surface area contributed by atoms with Crippen LogP contribution in [0.1, 0.15) is 37.3 Å². The maximum absolute atomic E-state index is 3.54. The molecule has 0 bridgehead atoms. The number of fused-ring (bicyclic) bond motifs is 1. The number of hydrogen-bond donors (Lipinski definition) is 1. The third-order valence-corrected chi connectivity index (χ3v) is 4.86. The highest BCUT2D eigenvalue weighted by Gasteiger charge is 2.24. The largest absolute Gasteiger partial charge is 0.313 e. The summed E-state index contributed by atoms with van der Waals surface area (Å²) in [5, 5.41) is 6.16. The van der Waals surface area contributed by atoms with E-state index in [1.807, 2.05) is 0 Å². The molecule has 0 heterocycles. The van der Waals surface area contributed by atoms with E-state index in [2.05, 4.69) is 64.7 Å². The minimum absolute atomic E-state index is 0.510. The summed E-state index contributed by atoms with van der Waals surface area (Å²) in [6.07, 6.45) is 5.51. The van der Waals surface area contributed by atoms with Gasteiger partial charge in [-0.1, -0.05) is 47.0 Å². The molecule has 1 N–H and O–H groups in total. The van der Waals surface area contributed by atoms with E-state index >= 15 is 0 Å². The zero-order valence-corrected chi connectivity index (χ0v) is 12.9. The maximum Gasteiger partial charge on any atom is 0.0346 e. The van der Waals surface area contributed by atoms with E-state index in [4.69, 9.17) is 0 Å². The number of hydrogen-bond acceptors (Lipinski definition) is 1. The lowest BCUT2D eigenvalue weighted by Gasteiger charge is -2.23. The van der Waals surface area contributed by atoms with Crippen LogP contribution in [0, 0.1) is 5.92 Å². The molecule has 100 valence electrons. The van der Waals surface area contributed by atoms with Crippen LogP contribution in [0.3, 0.4) is 0 Å². The Morgan fingerprint density at radius 3 is 2.47 bits per heavy atom. The van der Waals surface area contributed by atoms with Crippen LogP contribution in [0.15, 0.2) is 40.9 Å². The summed E-state index contributed by atoms with van der Waals surface area (Å²) < 4.78 is 1.15. The number of nitrogens with one attached hydrogen (secondary N) is 1. The van der Waals surface area contributed by atoms with Gasteiger partial charge in [0.1, 0.15) is 0 Å². The first-order valence-corrected chi connectivity index (χ1v) is 7.94. The normalized spacial score (nSPS) is 18.0. The van der Waals surface area contributed by atoms with Gasteiger partial charge in [0.15, 0.2) is 0 Å². The Labute approximate surface area is 123 Å². The topological polar surface area (TPSA) is 12.0 Å². The molecular weight excluding hydrogens is 298 g/mol. The minimum atomic E-state index is 0.510. The van der Waals surface area contributed by atoms with Crippen LogP contribution >= 0.6 is 15.9 Å². The maximum atomic E-state index is 3.54. The monoisotopic (exact) mass is 317 g/mol. The fourth-order valence-corrected chi connectivity index (χ4v) is 3.77. The van der Waals surface area contributed by atoms with Crippen LogP contribution in [0.25, 0.3) is 10.8 Å². The molecular formula is C17H20BrN. The fourth-order valence-electron chi connectivity index (χ4n) is 3.39. The van der Waals surface area contributed by atoms with Crippen molar-refractivity contribution in [2.75, 3.05) is 7.05 Å². The molecule has 0 radical (unpaired) electrons. The van der Waals surface area contributed by atoms with Gasteiger partial charge in [-0.25, -0.2) is 0 Å². The third-order valence-electron chi connectivity index (χ3n) is 4.37. The molecule has 1 atom stereocenters. The zero-order chi connectivity index (χ0) is 13.2. The first kappa shape index (κ1) is 13.1. The molecule has 2 heteroatoms. The lowest BCUT2D eigenvalue weighted by Crippen LogP contribution is -2.23. The van der Waals surface area contributed by atoms with Crippen molar-refractivity contribution < 1.29 is 0 Å². The molecule has 19 heavy (non-hydrogen) atoms. The Hall–Kier alpha value is -0.860.